The Morgan fingerprint density at radius 1 is 0.762 bits per heavy atom. The van der Waals surface area contributed by atoms with Crippen LogP contribution in [-0.4, -0.2) is 37.5 Å². The third-order valence-electron chi connectivity index (χ3n) is 4.10. The van der Waals surface area contributed by atoms with Crippen molar-refractivity contribution in [2.45, 2.75) is 0 Å². The van der Waals surface area contributed by atoms with Crippen molar-refractivity contribution in [2.24, 2.45) is 4.99 Å². The number of anilines is 2. The zero-order valence-corrected chi connectivity index (χ0v) is 11.9. The van der Waals surface area contributed by atoms with Crippen LogP contribution in [0.5, 0.6) is 0 Å². The second-order valence-corrected chi connectivity index (χ2v) is 5.34. The van der Waals surface area contributed by atoms with Gasteiger partial charge in [-0.1, -0.05) is 30.3 Å². The fourth-order valence-corrected chi connectivity index (χ4v) is 3.00. The van der Waals surface area contributed by atoms with Gasteiger partial charge < -0.3 is 4.90 Å². The molecule has 2 heterocycles. The van der Waals surface area contributed by atoms with Gasteiger partial charge in [0, 0.05) is 18.8 Å². The molecule has 4 heteroatoms. The van der Waals surface area contributed by atoms with E-state index in [0.29, 0.717) is 0 Å². The summed E-state index contributed by atoms with van der Waals surface area (Å²) in [7, 11) is 0. The standard InChI is InChI=1S/C17H18N4/c1-2-6-15(7-3-1)19-10-12-20-14-18-16-8-4-5-9-17(16)21(20)13-11-19/h1-9,14H,10-13H2. The molecule has 0 radical (unpaired) electrons. The first-order chi connectivity index (χ1) is 10.4. The van der Waals surface area contributed by atoms with Crippen molar-refractivity contribution in [2.75, 3.05) is 36.1 Å². The Bertz CT molecular complexity index is 653. The van der Waals surface area contributed by atoms with Crippen molar-refractivity contribution in [1.29, 1.82) is 0 Å². The molecular weight excluding hydrogens is 260 g/mol. The molecule has 4 rings (SSSR count). The Balaban J connectivity index is 1.60. The summed E-state index contributed by atoms with van der Waals surface area (Å²) in [6, 6.07) is 19.0. The van der Waals surface area contributed by atoms with E-state index in [1.165, 1.54) is 11.4 Å². The third kappa shape index (κ3) is 2.23. The van der Waals surface area contributed by atoms with E-state index in [0.717, 1.165) is 31.9 Å². The first kappa shape index (κ1) is 12.3. The van der Waals surface area contributed by atoms with Gasteiger partial charge in [0.25, 0.3) is 0 Å². The number of benzene rings is 2. The van der Waals surface area contributed by atoms with Crippen LogP contribution in [0.3, 0.4) is 0 Å². The van der Waals surface area contributed by atoms with Crippen molar-refractivity contribution in [3.8, 4) is 0 Å². The smallest absolute Gasteiger partial charge is 0.110 e. The average molecular weight is 278 g/mol. The highest BCUT2D eigenvalue weighted by Crippen LogP contribution is 2.32. The molecule has 1 saturated heterocycles. The number of hydrazine groups is 1. The Hall–Kier alpha value is -2.49. The van der Waals surface area contributed by atoms with Crippen LogP contribution < -0.4 is 9.91 Å². The number of para-hydroxylation sites is 3. The van der Waals surface area contributed by atoms with E-state index in [1.807, 2.05) is 12.4 Å². The monoisotopic (exact) mass is 278 g/mol. The van der Waals surface area contributed by atoms with E-state index in [1.54, 1.807) is 0 Å². The second kappa shape index (κ2) is 5.13. The lowest BCUT2D eigenvalue weighted by Crippen LogP contribution is -2.44. The number of aliphatic imine (C=N–C) groups is 1. The lowest BCUT2D eigenvalue weighted by atomic mass is 10.2. The summed E-state index contributed by atoms with van der Waals surface area (Å²) in [4.78, 5) is 7.00. The Labute approximate surface area is 124 Å². The molecule has 0 bridgehead atoms. The normalized spacial score (nSPS) is 17.2. The maximum atomic E-state index is 4.56. The van der Waals surface area contributed by atoms with Crippen molar-refractivity contribution in [1.82, 2.24) is 5.01 Å². The van der Waals surface area contributed by atoms with Crippen LogP contribution in [0.25, 0.3) is 0 Å². The van der Waals surface area contributed by atoms with Gasteiger partial charge in [-0.25, -0.2) is 4.99 Å². The van der Waals surface area contributed by atoms with E-state index < -0.39 is 0 Å². The summed E-state index contributed by atoms with van der Waals surface area (Å²) in [5, 5.41) is 4.57. The van der Waals surface area contributed by atoms with Gasteiger partial charge in [0.1, 0.15) is 6.34 Å². The van der Waals surface area contributed by atoms with Crippen molar-refractivity contribution < 1.29 is 0 Å². The predicted molar refractivity (Wildman–Crippen MR) is 87.3 cm³/mol. The molecule has 21 heavy (non-hydrogen) atoms. The highest BCUT2D eigenvalue weighted by molar-refractivity contribution is 5.78. The lowest BCUT2D eigenvalue weighted by molar-refractivity contribution is 0.423. The molecule has 2 aliphatic rings. The predicted octanol–water partition coefficient (Wildman–Crippen LogP) is 2.90. The molecule has 0 spiro atoms. The molecule has 0 saturated carbocycles. The van der Waals surface area contributed by atoms with Crippen LogP contribution in [0, 0.1) is 0 Å². The molecule has 0 atom stereocenters. The van der Waals surface area contributed by atoms with E-state index in [9.17, 15) is 0 Å². The highest BCUT2D eigenvalue weighted by atomic mass is 15.6. The molecule has 0 aromatic heterocycles. The number of nitrogens with zero attached hydrogens (tertiary/aromatic N) is 4. The van der Waals surface area contributed by atoms with Gasteiger partial charge in [0.15, 0.2) is 0 Å². The van der Waals surface area contributed by atoms with E-state index in [2.05, 4.69) is 68.4 Å². The molecule has 106 valence electrons. The minimum Gasteiger partial charge on any atom is -0.368 e. The minimum absolute atomic E-state index is 0.951. The van der Waals surface area contributed by atoms with E-state index in [4.69, 9.17) is 0 Å². The molecule has 4 nitrogen and oxygen atoms in total. The Morgan fingerprint density at radius 2 is 1.52 bits per heavy atom. The molecule has 1 fully saturated rings. The zero-order chi connectivity index (χ0) is 14.1. The van der Waals surface area contributed by atoms with Gasteiger partial charge in [0.05, 0.1) is 24.5 Å². The summed E-state index contributed by atoms with van der Waals surface area (Å²) in [6.07, 6.45) is 1.96. The maximum Gasteiger partial charge on any atom is 0.110 e. The van der Waals surface area contributed by atoms with Crippen molar-refractivity contribution in [3.05, 3.63) is 54.6 Å². The summed E-state index contributed by atoms with van der Waals surface area (Å²) in [6.45, 7) is 3.95. The lowest BCUT2D eigenvalue weighted by Gasteiger charge is -2.36. The van der Waals surface area contributed by atoms with Gasteiger partial charge >= 0.3 is 0 Å². The molecule has 0 aliphatic carbocycles. The second-order valence-electron chi connectivity index (χ2n) is 5.34. The van der Waals surface area contributed by atoms with Gasteiger partial charge in [-0.15, -0.1) is 0 Å². The largest absolute Gasteiger partial charge is 0.368 e. The molecule has 0 amide bonds. The SMILES string of the molecule is C1=Nc2ccccc2N2CCN(c3ccccc3)CCN12. The van der Waals surface area contributed by atoms with Gasteiger partial charge in [-0.2, -0.15) is 0 Å². The van der Waals surface area contributed by atoms with Crippen LogP contribution in [0.15, 0.2) is 59.6 Å². The molecule has 0 N–H and O–H groups in total. The minimum atomic E-state index is 0.951. The van der Waals surface area contributed by atoms with Gasteiger partial charge in [-0.3, -0.25) is 10.0 Å². The van der Waals surface area contributed by atoms with Crippen LogP contribution in [-0.2, 0) is 0 Å². The summed E-state index contributed by atoms with van der Waals surface area (Å²) in [5.41, 5.74) is 3.56. The quantitative estimate of drug-likeness (QED) is 0.801. The number of hydrogen-bond acceptors (Lipinski definition) is 4. The summed E-state index contributed by atoms with van der Waals surface area (Å²) < 4.78 is 0. The molecule has 0 unspecified atom stereocenters. The molecule has 2 aromatic carbocycles. The Morgan fingerprint density at radius 3 is 2.43 bits per heavy atom. The highest BCUT2D eigenvalue weighted by Gasteiger charge is 2.24. The van der Waals surface area contributed by atoms with Crippen molar-refractivity contribution in [3.63, 3.8) is 0 Å². The van der Waals surface area contributed by atoms with Crippen LogP contribution in [0.4, 0.5) is 17.1 Å². The molecule has 2 aromatic rings. The first-order valence-electron chi connectivity index (χ1n) is 7.39. The van der Waals surface area contributed by atoms with E-state index in [-0.39, 0.29) is 0 Å². The van der Waals surface area contributed by atoms with Gasteiger partial charge in [0.2, 0.25) is 0 Å². The third-order valence-corrected chi connectivity index (χ3v) is 4.10. The van der Waals surface area contributed by atoms with Crippen molar-refractivity contribution >= 4 is 23.4 Å². The average Bonchev–Trinajstić information content (AvgIpc) is 2.78. The first-order valence-corrected chi connectivity index (χ1v) is 7.39. The fourth-order valence-electron chi connectivity index (χ4n) is 3.00. The van der Waals surface area contributed by atoms with Crippen LogP contribution in [0.2, 0.25) is 0 Å². The fraction of sp³-hybridized carbons (Fsp3) is 0.235. The molecular formula is C17H18N4. The summed E-state index contributed by atoms with van der Waals surface area (Å²) >= 11 is 0. The van der Waals surface area contributed by atoms with Gasteiger partial charge in [-0.05, 0) is 24.3 Å². The molecule has 2 aliphatic heterocycles. The zero-order valence-electron chi connectivity index (χ0n) is 11.9. The number of hydrogen-bond donors (Lipinski definition) is 0. The maximum absolute atomic E-state index is 4.56. The topological polar surface area (TPSA) is 22.1 Å². The van der Waals surface area contributed by atoms with E-state index >= 15 is 0 Å². The number of fused-ring (bicyclic) bond motifs is 3. The van der Waals surface area contributed by atoms with Crippen LogP contribution >= 0.6 is 0 Å². The van der Waals surface area contributed by atoms with Crippen LogP contribution in [0.1, 0.15) is 0 Å². The Kier molecular flexibility index (Phi) is 2.99. The number of rotatable bonds is 1. The summed E-state index contributed by atoms with van der Waals surface area (Å²) in [5.74, 6) is 0.